The minimum Gasteiger partial charge on any atom is -0.462 e. The van der Waals surface area contributed by atoms with Crippen molar-refractivity contribution in [3.8, 4) is 6.07 Å². The van der Waals surface area contributed by atoms with E-state index in [0.717, 1.165) is 50.0 Å². The number of carbonyl (C=O) groups is 1. The average molecular weight is 339 g/mol. The molecule has 0 aromatic rings. The van der Waals surface area contributed by atoms with E-state index in [1.807, 2.05) is 0 Å². The third kappa shape index (κ3) is 2.40. The molecular formula is C22H29NO2. The molecule has 2 fully saturated rings. The first kappa shape index (κ1) is 16.9. The summed E-state index contributed by atoms with van der Waals surface area (Å²) in [5, 5.41) is 9.53. The van der Waals surface area contributed by atoms with Crippen molar-refractivity contribution in [3.05, 3.63) is 23.3 Å². The summed E-state index contributed by atoms with van der Waals surface area (Å²) in [6, 6.07) is 2.49. The lowest BCUT2D eigenvalue weighted by Gasteiger charge is -2.57. The Morgan fingerprint density at radius 1 is 1.16 bits per heavy atom. The Balaban J connectivity index is 1.59. The second-order valence-electron chi connectivity index (χ2n) is 9.16. The Kier molecular flexibility index (Phi) is 3.87. The number of allylic oxidation sites excluding steroid dienone is 3. The molecule has 0 spiro atoms. The first-order valence-corrected chi connectivity index (χ1v) is 9.86. The van der Waals surface area contributed by atoms with E-state index >= 15 is 0 Å². The van der Waals surface area contributed by atoms with E-state index in [-0.39, 0.29) is 22.9 Å². The average Bonchev–Trinajstić information content (AvgIpc) is 2.91. The molecular weight excluding hydrogens is 310 g/mol. The molecule has 0 N–H and O–H groups in total. The lowest BCUT2D eigenvalue weighted by atomic mass is 9.47. The van der Waals surface area contributed by atoms with Crippen LogP contribution in [0.5, 0.6) is 0 Å². The minimum atomic E-state index is -0.155. The van der Waals surface area contributed by atoms with Gasteiger partial charge in [-0.1, -0.05) is 31.6 Å². The van der Waals surface area contributed by atoms with Crippen LogP contribution in [0.25, 0.3) is 0 Å². The SMILES string of the molecule is CC(=O)O[C@@H]1CC[C@@]2(C)C(=CC[C@@H]3[C@H]4CC=C(C#N)[C@]4(C)CC[C@H]32)C1. The van der Waals surface area contributed by atoms with E-state index < -0.39 is 0 Å². The Hall–Kier alpha value is -1.56. The third-order valence-electron chi connectivity index (χ3n) is 8.09. The fourth-order valence-corrected chi connectivity index (χ4v) is 6.70. The van der Waals surface area contributed by atoms with Crippen LogP contribution in [0.1, 0.15) is 65.7 Å². The molecule has 0 bridgehead atoms. The van der Waals surface area contributed by atoms with E-state index in [0.29, 0.717) is 11.8 Å². The van der Waals surface area contributed by atoms with Crippen LogP contribution in [0.15, 0.2) is 23.3 Å². The maximum atomic E-state index is 11.3. The van der Waals surface area contributed by atoms with Crippen molar-refractivity contribution in [1.29, 1.82) is 5.26 Å². The molecule has 0 heterocycles. The van der Waals surface area contributed by atoms with E-state index in [4.69, 9.17) is 4.74 Å². The van der Waals surface area contributed by atoms with Crippen molar-refractivity contribution >= 4 is 5.97 Å². The molecule has 6 atom stereocenters. The van der Waals surface area contributed by atoms with Gasteiger partial charge in [0.05, 0.1) is 6.07 Å². The topological polar surface area (TPSA) is 50.1 Å². The summed E-state index contributed by atoms with van der Waals surface area (Å²) in [6.07, 6.45) is 12.4. The zero-order valence-electron chi connectivity index (χ0n) is 15.7. The highest BCUT2D eigenvalue weighted by Gasteiger charge is 2.56. The molecule has 4 aliphatic rings. The Bertz CT molecular complexity index is 699. The summed E-state index contributed by atoms with van der Waals surface area (Å²) < 4.78 is 5.51. The van der Waals surface area contributed by atoms with Gasteiger partial charge in [-0.15, -0.1) is 0 Å². The molecule has 0 saturated heterocycles. The number of hydrogen-bond donors (Lipinski definition) is 0. The summed E-state index contributed by atoms with van der Waals surface area (Å²) in [5.74, 6) is 1.88. The fourth-order valence-electron chi connectivity index (χ4n) is 6.70. The molecule has 25 heavy (non-hydrogen) atoms. The molecule has 2 saturated carbocycles. The molecule has 0 amide bonds. The maximum absolute atomic E-state index is 11.3. The van der Waals surface area contributed by atoms with Crippen LogP contribution in [0.4, 0.5) is 0 Å². The number of nitriles is 1. The van der Waals surface area contributed by atoms with Gasteiger partial charge in [-0.3, -0.25) is 4.79 Å². The van der Waals surface area contributed by atoms with Gasteiger partial charge < -0.3 is 4.74 Å². The van der Waals surface area contributed by atoms with Gasteiger partial charge in [-0.25, -0.2) is 0 Å². The van der Waals surface area contributed by atoms with E-state index in [2.05, 4.69) is 32.1 Å². The van der Waals surface area contributed by atoms with Gasteiger partial charge in [-0.2, -0.15) is 5.26 Å². The molecule has 0 aromatic carbocycles. The zero-order valence-corrected chi connectivity index (χ0v) is 15.7. The Morgan fingerprint density at radius 3 is 2.64 bits per heavy atom. The van der Waals surface area contributed by atoms with Gasteiger partial charge in [0.2, 0.25) is 0 Å². The van der Waals surface area contributed by atoms with Crippen molar-refractivity contribution in [2.45, 2.75) is 71.8 Å². The first-order chi connectivity index (χ1) is 11.9. The highest BCUT2D eigenvalue weighted by Crippen LogP contribution is 2.64. The number of rotatable bonds is 1. The number of carbonyl (C=O) groups excluding carboxylic acids is 1. The lowest BCUT2D eigenvalue weighted by molar-refractivity contribution is -0.148. The number of ether oxygens (including phenoxy) is 1. The van der Waals surface area contributed by atoms with E-state index in [1.165, 1.54) is 18.9 Å². The molecule has 4 rings (SSSR count). The van der Waals surface area contributed by atoms with Crippen LogP contribution in [0.3, 0.4) is 0 Å². The van der Waals surface area contributed by atoms with Gasteiger partial charge in [0.1, 0.15) is 6.10 Å². The van der Waals surface area contributed by atoms with E-state index in [1.54, 1.807) is 0 Å². The molecule has 0 aromatic heterocycles. The van der Waals surface area contributed by atoms with Gasteiger partial charge in [-0.05, 0) is 61.7 Å². The number of nitrogens with zero attached hydrogens (tertiary/aromatic N) is 1. The number of fused-ring (bicyclic) bond motifs is 5. The third-order valence-corrected chi connectivity index (χ3v) is 8.09. The molecule has 0 radical (unpaired) electrons. The quantitative estimate of drug-likeness (QED) is 0.502. The molecule has 134 valence electrons. The van der Waals surface area contributed by atoms with Gasteiger partial charge in [0.25, 0.3) is 0 Å². The predicted molar refractivity (Wildman–Crippen MR) is 96.3 cm³/mol. The van der Waals surface area contributed by atoms with Gasteiger partial charge in [0, 0.05) is 24.3 Å². The lowest BCUT2D eigenvalue weighted by Crippen LogP contribution is -2.50. The maximum Gasteiger partial charge on any atom is 0.302 e. The van der Waals surface area contributed by atoms with Crippen LogP contribution < -0.4 is 0 Å². The molecule has 3 nitrogen and oxygen atoms in total. The summed E-state index contributed by atoms with van der Waals surface area (Å²) in [4.78, 5) is 11.3. The van der Waals surface area contributed by atoms with Crippen molar-refractivity contribution in [2.75, 3.05) is 0 Å². The number of esters is 1. The van der Waals surface area contributed by atoms with Crippen molar-refractivity contribution in [2.24, 2.45) is 28.6 Å². The van der Waals surface area contributed by atoms with Crippen LogP contribution in [0, 0.1) is 39.9 Å². The summed E-state index contributed by atoms with van der Waals surface area (Å²) >= 11 is 0. The minimum absolute atomic E-state index is 0.0700. The highest BCUT2D eigenvalue weighted by atomic mass is 16.5. The molecule has 3 heteroatoms. The van der Waals surface area contributed by atoms with Gasteiger partial charge in [0.15, 0.2) is 0 Å². The summed E-state index contributed by atoms with van der Waals surface area (Å²) in [5.41, 5.74) is 2.93. The van der Waals surface area contributed by atoms with Crippen molar-refractivity contribution in [3.63, 3.8) is 0 Å². The second kappa shape index (κ2) is 5.73. The Labute approximate surface area is 151 Å². The fraction of sp³-hybridized carbons (Fsp3) is 0.727. The Morgan fingerprint density at radius 2 is 1.92 bits per heavy atom. The van der Waals surface area contributed by atoms with Gasteiger partial charge >= 0.3 is 5.97 Å². The number of hydrogen-bond acceptors (Lipinski definition) is 3. The predicted octanol–water partition coefficient (Wildman–Crippen LogP) is 4.94. The molecule has 4 aliphatic carbocycles. The second-order valence-corrected chi connectivity index (χ2v) is 9.16. The molecule has 0 unspecified atom stereocenters. The standard InChI is InChI=1S/C22H29NO2/c1-14(24)25-17-8-10-21(2)15(12-17)4-6-18-19-7-5-16(13-23)22(19,3)11-9-20(18)21/h4-5,17-20H,6-12H2,1-3H3/t17-,18-,19-,20-,21+,22+/m1/s1. The van der Waals surface area contributed by atoms with E-state index in [9.17, 15) is 10.1 Å². The summed E-state index contributed by atoms with van der Waals surface area (Å²) in [6.45, 7) is 6.30. The highest BCUT2D eigenvalue weighted by molar-refractivity contribution is 5.66. The van der Waals surface area contributed by atoms with Crippen LogP contribution in [-0.2, 0) is 9.53 Å². The van der Waals surface area contributed by atoms with Crippen LogP contribution in [0.2, 0.25) is 0 Å². The largest absolute Gasteiger partial charge is 0.462 e. The van der Waals surface area contributed by atoms with Crippen LogP contribution >= 0.6 is 0 Å². The van der Waals surface area contributed by atoms with Crippen molar-refractivity contribution < 1.29 is 9.53 Å². The molecule has 0 aliphatic heterocycles. The monoisotopic (exact) mass is 339 g/mol. The smallest absolute Gasteiger partial charge is 0.302 e. The van der Waals surface area contributed by atoms with Crippen LogP contribution in [-0.4, -0.2) is 12.1 Å². The zero-order chi connectivity index (χ0) is 17.8. The normalized spacial score (nSPS) is 45.2. The first-order valence-electron chi connectivity index (χ1n) is 9.86. The summed E-state index contributed by atoms with van der Waals surface area (Å²) in [7, 11) is 0. The van der Waals surface area contributed by atoms with Crippen molar-refractivity contribution in [1.82, 2.24) is 0 Å².